The van der Waals surface area contributed by atoms with E-state index in [1.807, 2.05) is 13.0 Å². The first-order valence-electron chi connectivity index (χ1n) is 7.05. The van der Waals surface area contributed by atoms with Crippen molar-refractivity contribution in [2.75, 3.05) is 13.1 Å². The Morgan fingerprint density at radius 3 is 2.89 bits per heavy atom. The zero-order valence-corrected chi connectivity index (χ0v) is 11.3. The van der Waals surface area contributed by atoms with Crippen LogP contribution in [-0.4, -0.2) is 36.1 Å². The molecule has 19 heavy (non-hydrogen) atoms. The van der Waals surface area contributed by atoms with Gasteiger partial charge in [0.1, 0.15) is 0 Å². The maximum Gasteiger partial charge on any atom is 0.225 e. The third kappa shape index (κ3) is 2.80. The normalized spacial score (nSPS) is 31.6. The predicted molar refractivity (Wildman–Crippen MR) is 74.4 cm³/mol. The topological polar surface area (TPSA) is 44.4 Å². The van der Waals surface area contributed by atoms with Crippen molar-refractivity contribution in [2.45, 2.75) is 32.1 Å². The average Bonchev–Trinajstić information content (AvgIpc) is 2.39. The third-order valence-electron chi connectivity index (χ3n) is 4.11. The Labute approximate surface area is 114 Å². The number of nitrogens with zero attached hydrogens (tertiary/aromatic N) is 1. The van der Waals surface area contributed by atoms with E-state index < -0.39 is 0 Å². The molecule has 0 spiro atoms. The van der Waals surface area contributed by atoms with Gasteiger partial charge in [0.05, 0.1) is 12.1 Å². The number of amides is 1. The molecule has 0 saturated carbocycles. The molecule has 1 aromatic carbocycles. The summed E-state index contributed by atoms with van der Waals surface area (Å²) in [6, 6.07) is 10.8. The molecule has 4 nitrogen and oxygen atoms in total. The largest absolute Gasteiger partial charge is 0.341 e. The molecule has 0 radical (unpaired) electrons. The number of rotatable bonds is 2. The minimum Gasteiger partial charge on any atom is -0.341 e. The molecule has 0 bridgehead atoms. The number of carbonyl (C=O) groups is 1. The van der Waals surface area contributed by atoms with Crippen molar-refractivity contribution in [1.29, 1.82) is 0 Å². The number of likely N-dealkylation sites (tertiary alicyclic amines) is 1. The fourth-order valence-electron chi connectivity index (χ4n) is 3.17. The molecular formula is C15H21N3O. The highest BCUT2D eigenvalue weighted by molar-refractivity contribution is 5.80. The predicted octanol–water partition coefficient (Wildman–Crippen LogP) is 0.942. The molecule has 0 aliphatic carbocycles. The molecular weight excluding hydrogens is 238 g/mol. The molecule has 3 rings (SSSR count). The molecule has 102 valence electrons. The van der Waals surface area contributed by atoms with E-state index in [-0.39, 0.29) is 18.0 Å². The molecule has 2 saturated heterocycles. The van der Waals surface area contributed by atoms with Crippen molar-refractivity contribution < 1.29 is 4.79 Å². The molecule has 4 heteroatoms. The van der Waals surface area contributed by atoms with E-state index in [4.69, 9.17) is 0 Å². The molecule has 0 aromatic heterocycles. The smallest absolute Gasteiger partial charge is 0.225 e. The number of hydrogen-bond acceptors (Lipinski definition) is 3. The highest BCUT2D eigenvalue weighted by Gasteiger charge is 2.38. The van der Waals surface area contributed by atoms with Gasteiger partial charge in [-0.1, -0.05) is 30.3 Å². The van der Waals surface area contributed by atoms with Crippen LogP contribution in [0, 0.1) is 5.92 Å². The van der Waals surface area contributed by atoms with Crippen molar-refractivity contribution >= 4 is 5.91 Å². The van der Waals surface area contributed by atoms with Crippen LogP contribution in [0.2, 0.25) is 0 Å². The van der Waals surface area contributed by atoms with Gasteiger partial charge in [-0.25, -0.2) is 0 Å². The maximum absolute atomic E-state index is 11.9. The lowest BCUT2D eigenvalue weighted by Crippen LogP contribution is -2.65. The summed E-state index contributed by atoms with van der Waals surface area (Å²) in [5, 5.41) is 6.47. The van der Waals surface area contributed by atoms with Crippen LogP contribution < -0.4 is 10.6 Å². The summed E-state index contributed by atoms with van der Waals surface area (Å²) in [5.41, 5.74) is 1.34. The zero-order chi connectivity index (χ0) is 13.2. The number of nitrogens with one attached hydrogen (secondary N) is 2. The van der Waals surface area contributed by atoms with Gasteiger partial charge in [-0.3, -0.25) is 15.0 Å². The molecule has 2 fully saturated rings. The SMILES string of the molecule is CC1NC(=O)C2CCN(Cc3ccccc3)CC2N1. The summed E-state index contributed by atoms with van der Waals surface area (Å²) in [4.78, 5) is 14.4. The Kier molecular flexibility index (Phi) is 3.53. The van der Waals surface area contributed by atoms with E-state index in [2.05, 4.69) is 39.8 Å². The van der Waals surface area contributed by atoms with E-state index in [9.17, 15) is 4.79 Å². The zero-order valence-electron chi connectivity index (χ0n) is 11.3. The summed E-state index contributed by atoms with van der Waals surface area (Å²) in [6.45, 7) is 4.93. The Morgan fingerprint density at radius 2 is 2.11 bits per heavy atom. The minimum atomic E-state index is 0.0884. The monoisotopic (exact) mass is 259 g/mol. The summed E-state index contributed by atoms with van der Waals surface area (Å²) in [5.74, 6) is 0.360. The van der Waals surface area contributed by atoms with Crippen LogP contribution in [0.3, 0.4) is 0 Å². The highest BCUT2D eigenvalue weighted by atomic mass is 16.2. The van der Waals surface area contributed by atoms with Crippen molar-refractivity contribution in [3.63, 3.8) is 0 Å². The van der Waals surface area contributed by atoms with Crippen LogP contribution in [-0.2, 0) is 11.3 Å². The molecule has 3 atom stereocenters. The number of hydrogen-bond donors (Lipinski definition) is 2. The van der Waals surface area contributed by atoms with E-state index in [1.165, 1.54) is 5.56 Å². The maximum atomic E-state index is 11.9. The Bertz CT molecular complexity index is 448. The summed E-state index contributed by atoms with van der Waals surface area (Å²) in [7, 11) is 0. The van der Waals surface area contributed by atoms with Crippen molar-refractivity contribution in [3.05, 3.63) is 35.9 Å². The van der Waals surface area contributed by atoms with Crippen LogP contribution >= 0.6 is 0 Å². The summed E-state index contributed by atoms with van der Waals surface area (Å²) >= 11 is 0. The average molecular weight is 259 g/mol. The molecule has 2 heterocycles. The van der Waals surface area contributed by atoms with Gasteiger partial charge >= 0.3 is 0 Å². The molecule has 2 N–H and O–H groups in total. The van der Waals surface area contributed by atoms with E-state index in [1.54, 1.807) is 0 Å². The Balaban J connectivity index is 1.63. The first kappa shape index (κ1) is 12.6. The minimum absolute atomic E-state index is 0.0884. The van der Waals surface area contributed by atoms with Crippen LogP contribution in [0.1, 0.15) is 18.9 Å². The van der Waals surface area contributed by atoms with Gasteiger partial charge in [0.25, 0.3) is 0 Å². The standard InChI is InChI=1S/C15H21N3O/c1-11-16-14-10-18(8-7-13(14)15(19)17-11)9-12-5-3-2-4-6-12/h2-6,11,13-14,16H,7-10H2,1H3,(H,17,19). The van der Waals surface area contributed by atoms with E-state index in [0.29, 0.717) is 6.04 Å². The number of piperidine rings is 1. The third-order valence-corrected chi connectivity index (χ3v) is 4.11. The van der Waals surface area contributed by atoms with Gasteiger partial charge in [0.2, 0.25) is 5.91 Å². The molecule has 3 unspecified atom stereocenters. The van der Waals surface area contributed by atoms with Gasteiger partial charge in [0.15, 0.2) is 0 Å². The second-order valence-electron chi connectivity index (χ2n) is 5.62. The van der Waals surface area contributed by atoms with Crippen molar-refractivity contribution in [2.24, 2.45) is 5.92 Å². The highest BCUT2D eigenvalue weighted by Crippen LogP contribution is 2.22. The fourth-order valence-corrected chi connectivity index (χ4v) is 3.17. The molecule has 1 amide bonds. The van der Waals surface area contributed by atoms with Gasteiger partial charge in [0, 0.05) is 19.1 Å². The molecule has 2 aliphatic heterocycles. The van der Waals surface area contributed by atoms with Crippen LogP contribution in [0.15, 0.2) is 30.3 Å². The van der Waals surface area contributed by atoms with Crippen molar-refractivity contribution in [1.82, 2.24) is 15.5 Å². The number of carbonyl (C=O) groups excluding carboxylic acids is 1. The first-order valence-corrected chi connectivity index (χ1v) is 7.05. The lowest BCUT2D eigenvalue weighted by atomic mass is 9.88. The van der Waals surface area contributed by atoms with E-state index >= 15 is 0 Å². The summed E-state index contributed by atoms with van der Waals surface area (Å²) in [6.07, 6.45) is 1.04. The quantitative estimate of drug-likeness (QED) is 0.831. The van der Waals surface area contributed by atoms with Crippen molar-refractivity contribution in [3.8, 4) is 0 Å². The lowest BCUT2D eigenvalue weighted by Gasteiger charge is -2.43. The lowest BCUT2D eigenvalue weighted by molar-refractivity contribution is -0.131. The Morgan fingerprint density at radius 1 is 1.32 bits per heavy atom. The van der Waals surface area contributed by atoms with Crippen LogP contribution in [0.25, 0.3) is 0 Å². The summed E-state index contributed by atoms with van der Waals surface area (Å²) < 4.78 is 0. The first-order chi connectivity index (χ1) is 9.22. The number of fused-ring (bicyclic) bond motifs is 1. The number of benzene rings is 1. The van der Waals surface area contributed by atoms with Gasteiger partial charge in [-0.2, -0.15) is 0 Å². The molecule has 2 aliphatic rings. The van der Waals surface area contributed by atoms with Gasteiger partial charge < -0.3 is 5.32 Å². The Hall–Kier alpha value is -1.39. The van der Waals surface area contributed by atoms with Gasteiger partial charge in [-0.15, -0.1) is 0 Å². The van der Waals surface area contributed by atoms with Crippen LogP contribution in [0.4, 0.5) is 0 Å². The van der Waals surface area contributed by atoms with Crippen LogP contribution in [0.5, 0.6) is 0 Å². The second-order valence-corrected chi connectivity index (χ2v) is 5.62. The fraction of sp³-hybridized carbons (Fsp3) is 0.533. The second kappa shape index (κ2) is 5.31. The van der Waals surface area contributed by atoms with Gasteiger partial charge in [-0.05, 0) is 25.5 Å². The molecule has 1 aromatic rings. The van der Waals surface area contributed by atoms with E-state index in [0.717, 1.165) is 26.1 Å².